The van der Waals surface area contributed by atoms with Crippen molar-refractivity contribution in [3.05, 3.63) is 41.2 Å². The molecule has 0 atom stereocenters. The molecule has 0 aliphatic heterocycles. The van der Waals surface area contributed by atoms with Gasteiger partial charge in [-0.05, 0) is 58.9 Å². The summed E-state index contributed by atoms with van der Waals surface area (Å²) in [6.07, 6.45) is 0. The number of Topliss-reactive ketones (excluding diaryl/α,β-unsaturated/α-hetero) is 1. The molecule has 29 heavy (non-hydrogen) atoms. The molecule has 156 valence electrons. The molecule has 0 aliphatic rings. The molecule has 7 nitrogen and oxygen atoms in total. The molecule has 0 fully saturated rings. The van der Waals surface area contributed by atoms with Crippen molar-refractivity contribution in [2.45, 2.75) is 57.3 Å². The highest BCUT2D eigenvalue weighted by molar-refractivity contribution is 7.99. The largest absolute Gasteiger partial charge is 0.346 e. The van der Waals surface area contributed by atoms with E-state index in [0.717, 1.165) is 22.5 Å². The highest BCUT2D eigenvalue weighted by Crippen LogP contribution is 2.28. The van der Waals surface area contributed by atoms with Crippen LogP contribution in [-0.4, -0.2) is 34.1 Å². The predicted octanol–water partition coefficient (Wildman–Crippen LogP) is 3.68. The number of benzene rings is 1. The molecule has 0 spiro atoms. The fraction of sp³-hybridized carbons (Fsp3) is 0.400. The molecule has 0 aliphatic carbocycles. The molecule has 1 aromatic carbocycles. The van der Waals surface area contributed by atoms with Crippen molar-refractivity contribution in [1.82, 2.24) is 14.1 Å². The van der Waals surface area contributed by atoms with Gasteiger partial charge in [-0.3, -0.25) is 4.79 Å². The molecule has 3 aromatic rings. The Morgan fingerprint density at radius 2 is 1.93 bits per heavy atom. The van der Waals surface area contributed by atoms with Crippen LogP contribution in [0.3, 0.4) is 0 Å². The van der Waals surface area contributed by atoms with Gasteiger partial charge in [0.25, 0.3) is 0 Å². The molecule has 0 bridgehead atoms. The predicted molar refractivity (Wildman–Crippen MR) is 116 cm³/mol. The summed E-state index contributed by atoms with van der Waals surface area (Å²) >= 11 is 1.36. The number of primary sulfonamides is 1. The molecule has 2 heterocycles. The number of hydrogen-bond donors (Lipinski definition) is 1. The van der Waals surface area contributed by atoms with Gasteiger partial charge in [0.1, 0.15) is 0 Å². The van der Waals surface area contributed by atoms with Crippen LogP contribution in [0.5, 0.6) is 0 Å². The molecule has 0 radical (unpaired) electrons. The topological polar surface area (TPSA) is 100.0 Å². The molecule has 0 amide bonds. The van der Waals surface area contributed by atoms with Gasteiger partial charge in [0, 0.05) is 29.5 Å². The van der Waals surface area contributed by atoms with E-state index in [-0.39, 0.29) is 16.4 Å². The quantitative estimate of drug-likeness (QED) is 0.452. The number of nitrogens with zero attached hydrogens (tertiary/aromatic N) is 3. The Morgan fingerprint density at radius 1 is 1.24 bits per heavy atom. The molecular weight excluding hydrogens is 408 g/mol. The first-order chi connectivity index (χ1) is 13.5. The second-order valence-electron chi connectivity index (χ2n) is 7.29. The third-order valence-corrected chi connectivity index (χ3v) is 6.85. The van der Waals surface area contributed by atoms with Gasteiger partial charge in [0.2, 0.25) is 10.0 Å². The van der Waals surface area contributed by atoms with Gasteiger partial charge >= 0.3 is 0 Å². The molecule has 0 unspecified atom stereocenters. The summed E-state index contributed by atoms with van der Waals surface area (Å²) in [5.41, 5.74) is 4.14. The zero-order valence-electron chi connectivity index (χ0n) is 17.3. The lowest BCUT2D eigenvalue weighted by Crippen LogP contribution is -2.11. The summed E-state index contributed by atoms with van der Waals surface area (Å²) in [5, 5.41) is 5.90. The minimum Gasteiger partial charge on any atom is -0.346 e. The van der Waals surface area contributed by atoms with Crippen LogP contribution in [0.1, 0.15) is 48.6 Å². The van der Waals surface area contributed by atoms with Crippen LogP contribution in [0.25, 0.3) is 11.0 Å². The fourth-order valence-corrected chi connectivity index (χ4v) is 5.24. The number of aryl methyl sites for hydroxylation is 2. The van der Waals surface area contributed by atoms with E-state index in [2.05, 4.69) is 23.4 Å². The average molecular weight is 435 g/mol. The monoisotopic (exact) mass is 434 g/mol. The summed E-state index contributed by atoms with van der Waals surface area (Å²) in [4.78, 5) is 17.4. The normalized spacial score (nSPS) is 12.2. The van der Waals surface area contributed by atoms with E-state index in [0.29, 0.717) is 23.3 Å². The van der Waals surface area contributed by atoms with Crippen LogP contribution in [0, 0.1) is 13.8 Å². The Labute approximate surface area is 175 Å². The maximum absolute atomic E-state index is 12.9. The van der Waals surface area contributed by atoms with Gasteiger partial charge in [-0.25, -0.2) is 18.5 Å². The van der Waals surface area contributed by atoms with Crippen molar-refractivity contribution < 1.29 is 13.2 Å². The first-order valence-corrected chi connectivity index (χ1v) is 11.9. The van der Waals surface area contributed by atoms with Crippen LogP contribution in [0.15, 0.2) is 34.3 Å². The van der Waals surface area contributed by atoms with Crippen LogP contribution < -0.4 is 5.14 Å². The van der Waals surface area contributed by atoms with E-state index in [1.165, 1.54) is 23.9 Å². The molecule has 2 aromatic heterocycles. The van der Waals surface area contributed by atoms with Gasteiger partial charge in [0.15, 0.2) is 10.9 Å². The van der Waals surface area contributed by atoms with Crippen molar-refractivity contribution >= 4 is 38.6 Å². The molecular formula is C20H26N4O3S2. The summed E-state index contributed by atoms with van der Waals surface area (Å²) in [6.45, 7) is 10.8. The Hall–Kier alpha value is -2.10. The number of fused-ring (bicyclic) bond motifs is 1. The molecule has 2 N–H and O–H groups in total. The minimum atomic E-state index is -3.79. The summed E-state index contributed by atoms with van der Waals surface area (Å²) in [6, 6.07) is 6.89. The third kappa shape index (κ3) is 4.12. The van der Waals surface area contributed by atoms with Crippen LogP contribution in [-0.2, 0) is 16.6 Å². The lowest BCUT2D eigenvalue weighted by molar-refractivity contribution is 0.102. The fourth-order valence-electron chi connectivity index (χ4n) is 3.74. The molecule has 3 rings (SSSR count). The third-order valence-electron chi connectivity index (χ3n) is 4.96. The number of carbonyl (C=O) groups excluding carboxylic acids is 1. The smallest absolute Gasteiger partial charge is 0.238 e. The number of imidazole rings is 1. The van der Waals surface area contributed by atoms with E-state index in [1.54, 1.807) is 6.07 Å². The number of hydrogen-bond acceptors (Lipinski definition) is 5. The standard InChI is InChI=1S/C20H26N4O3S2/c1-6-23-18-8-7-15(29(21,26)27)10-17(18)22-20(23)28-11-19(25)16-9-13(4)24(12(2)3)14(16)5/h7-10,12H,6,11H2,1-5H3,(H2,21,26,27). The number of ketones is 1. The van der Waals surface area contributed by atoms with E-state index in [9.17, 15) is 13.2 Å². The van der Waals surface area contributed by atoms with E-state index in [4.69, 9.17) is 5.14 Å². The number of sulfonamides is 1. The second kappa shape index (κ2) is 7.97. The van der Waals surface area contributed by atoms with Gasteiger partial charge in [-0.15, -0.1) is 0 Å². The minimum absolute atomic E-state index is 0.0273. The number of thioether (sulfide) groups is 1. The lowest BCUT2D eigenvalue weighted by Gasteiger charge is -2.13. The molecule has 9 heteroatoms. The molecule has 0 saturated heterocycles. The van der Waals surface area contributed by atoms with Crippen molar-refractivity contribution in [2.75, 3.05) is 5.75 Å². The average Bonchev–Trinajstić information content (AvgIpc) is 3.14. The zero-order chi connectivity index (χ0) is 21.5. The van der Waals surface area contributed by atoms with Crippen molar-refractivity contribution in [3.63, 3.8) is 0 Å². The van der Waals surface area contributed by atoms with Crippen LogP contribution in [0.2, 0.25) is 0 Å². The Balaban J connectivity index is 1.89. The Kier molecular flexibility index (Phi) is 5.93. The number of carbonyl (C=O) groups is 1. The van der Waals surface area contributed by atoms with Crippen molar-refractivity contribution in [1.29, 1.82) is 0 Å². The number of aromatic nitrogens is 3. The Bertz CT molecular complexity index is 1190. The summed E-state index contributed by atoms with van der Waals surface area (Å²) < 4.78 is 27.4. The number of nitrogens with two attached hydrogens (primary N) is 1. The van der Waals surface area contributed by atoms with Crippen LogP contribution in [0.4, 0.5) is 0 Å². The highest BCUT2D eigenvalue weighted by atomic mass is 32.2. The lowest BCUT2D eigenvalue weighted by atomic mass is 10.2. The summed E-state index contributed by atoms with van der Waals surface area (Å²) in [5.74, 6) is 0.309. The second-order valence-corrected chi connectivity index (χ2v) is 9.80. The van der Waals surface area contributed by atoms with E-state index in [1.807, 2.05) is 31.4 Å². The van der Waals surface area contributed by atoms with Gasteiger partial charge in [-0.1, -0.05) is 11.8 Å². The van der Waals surface area contributed by atoms with Gasteiger partial charge in [-0.2, -0.15) is 0 Å². The Morgan fingerprint density at radius 3 is 2.48 bits per heavy atom. The first kappa shape index (κ1) is 21.6. The maximum Gasteiger partial charge on any atom is 0.238 e. The first-order valence-electron chi connectivity index (χ1n) is 9.42. The highest BCUT2D eigenvalue weighted by Gasteiger charge is 2.19. The number of rotatable bonds is 7. The van der Waals surface area contributed by atoms with Crippen LogP contribution >= 0.6 is 11.8 Å². The molecule has 0 saturated carbocycles. The van der Waals surface area contributed by atoms with E-state index >= 15 is 0 Å². The van der Waals surface area contributed by atoms with Crippen molar-refractivity contribution in [2.24, 2.45) is 5.14 Å². The maximum atomic E-state index is 12.9. The summed E-state index contributed by atoms with van der Waals surface area (Å²) in [7, 11) is -3.79. The van der Waals surface area contributed by atoms with Gasteiger partial charge in [0.05, 0.1) is 21.7 Å². The zero-order valence-corrected chi connectivity index (χ0v) is 18.9. The van der Waals surface area contributed by atoms with Gasteiger partial charge < -0.3 is 9.13 Å². The van der Waals surface area contributed by atoms with E-state index < -0.39 is 10.0 Å². The van der Waals surface area contributed by atoms with Crippen molar-refractivity contribution in [3.8, 4) is 0 Å². The SMILES string of the molecule is CCn1c(SCC(=O)c2cc(C)n(C(C)C)c2C)nc2cc(S(N)(=O)=O)ccc21.